The highest BCUT2D eigenvalue weighted by atomic mass is 32.2. The fourth-order valence-corrected chi connectivity index (χ4v) is 3.72. The fraction of sp³-hybridized carbons (Fsp3) is 0.190. The number of nitrogens with one attached hydrogen (secondary N) is 2. The number of nitrogens with zero attached hydrogens (tertiary/aromatic N) is 3. The topological polar surface area (TPSA) is 106 Å². The first kappa shape index (κ1) is 22.6. The van der Waals surface area contributed by atoms with E-state index in [1.807, 2.05) is 0 Å². The molecule has 0 radical (unpaired) electrons. The normalized spacial score (nSPS) is 13.8. The number of halogens is 2. The van der Waals surface area contributed by atoms with E-state index in [1.54, 1.807) is 19.1 Å². The lowest BCUT2D eigenvalue weighted by Gasteiger charge is -2.28. The summed E-state index contributed by atoms with van der Waals surface area (Å²) in [6.07, 6.45) is 2.06. The molecule has 1 unspecified atom stereocenters. The first-order valence-electron chi connectivity index (χ1n) is 9.88. The molecule has 2 N–H and O–H groups in total. The van der Waals surface area contributed by atoms with Gasteiger partial charge in [0.25, 0.3) is 5.88 Å². The van der Waals surface area contributed by atoms with Crippen molar-refractivity contribution in [1.82, 2.24) is 19.6 Å². The molecule has 172 valence electrons. The number of anilines is 1. The first-order chi connectivity index (χ1) is 15.9. The van der Waals surface area contributed by atoms with E-state index in [1.165, 1.54) is 41.6 Å². The van der Waals surface area contributed by atoms with Crippen LogP contribution in [-0.4, -0.2) is 31.7 Å². The third-order valence-electron chi connectivity index (χ3n) is 4.59. The number of hydrogen-bond acceptors (Lipinski definition) is 6. The van der Waals surface area contributed by atoms with Gasteiger partial charge < -0.3 is 9.47 Å². The van der Waals surface area contributed by atoms with Gasteiger partial charge in [-0.1, -0.05) is 6.92 Å². The average molecular weight is 475 g/mol. The van der Waals surface area contributed by atoms with Gasteiger partial charge in [-0.25, -0.2) is 32.5 Å². The largest absolute Gasteiger partial charge is 0.436 e. The average Bonchev–Trinajstić information content (AvgIpc) is 2.79. The van der Waals surface area contributed by atoms with Gasteiger partial charge in [0.15, 0.2) is 28.6 Å². The molecular formula is C21H19F2N5O4S. The van der Waals surface area contributed by atoms with Crippen LogP contribution in [0.5, 0.6) is 17.4 Å². The van der Waals surface area contributed by atoms with Crippen molar-refractivity contribution in [3.8, 4) is 17.4 Å². The second-order valence-electron chi connectivity index (χ2n) is 6.89. The summed E-state index contributed by atoms with van der Waals surface area (Å²) < 4.78 is 56.2. The van der Waals surface area contributed by atoms with Crippen LogP contribution in [0.2, 0.25) is 0 Å². The molecule has 0 aliphatic carbocycles. The molecule has 12 heteroatoms. The molecule has 0 spiro atoms. The van der Waals surface area contributed by atoms with E-state index in [0.29, 0.717) is 12.1 Å². The summed E-state index contributed by atoms with van der Waals surface area (Å²) in [7, 11) is 0. The fourth-order valence-electron chi connectivity index (χ4n) is 3.07. The van der Waals surface area contributed by atoms with E-state index in [0.717, 1.165) is 0 Å². The standard InChI is InChI=1S/C21H19F2N5O4S/c1-2-26-33(30)27-19-18(23)14(7-9-24-19)12-28-11-13-5-6-15(10-17(13)32-21(28)29)31-20-16(22)4-3-8-25-20/h3-10,26H,2,11-12H2,1H3,(H,24,27). The van der Waals surface area contributed by atoms with E-state index in [9.17, 15) is 17.8 Å². The summed E-state index contributed by atoms with van der Waals surface area (Å²) in [6.45, 7) is 2.24. The summed E-state index contributed by atoms with van der Waals surface area (Å²) in [5.41, 5.74) is 0.830. The molecule has 33 heavy (non-hydrogen) atoms. The second kappa shape index (κ2) is 9.88. The minimum Gasteiger partial charge on any atom is -0.436 e. The van der Waals surface area contributed by atoms with Gasteiger partial charge in [-0.2, -0.15) is 0 Å². The Morgan fingerprint density at radius 1 is 1.21 bits per heavy atom. The van der Waals surface area contributed by atoms with Gasteiger partial charge in [-0.15, -0.1) is 0 Å². The molecule has 9 nitrogen and oxygen atoms in total. The molecular weight excluding hydrogens is 456 g/mol. The zero-order chi connectivity index (χ0) is 23.4. The Hall–Kier alpha value is -3.64. The number of fused-ring (bicyclic) bond motifs is 1. The highest BCUT2D eigenvalue weighted by molar-refractivity contribution is 7.84. The van der Waals surface area contributed by atoms with Gasteiger partial charge in [-0.3, -0.25) is 9.62 Å². The van der Waals surface area contributed by atoms with Crippen LogP contribution in [0.1, 0.15) is 18.1 Å². The van der Waals surface area contributed by atoms with Crippen LogP contribution in [0, 0.1) is 11.6 Å². The van der Waals surface area contributed by atoms with Crippen LogP contribution >= 0.6 is 0 Å². The van der Waals surface area contributed by atoms with Crippen LogP contribution in [-0.2, 0) is 24.3 Å². The number of ether oxygens (including phenoxy) is 2. The molecule has 0 saturated carbocycles. The Labute approximate surface area is 190 Å². The van der Waals surface area contributed by atoms with Crippen molar-refractivity contribution in [3.63, 3.8) is 0 Å². The van der Waals surface area contributed by atoms with Crippen molar-refractivity contribution in [2.75, 3.05) is 11.3 Å². The Balaban J connectivity index is 1.48. The SMILES string of the molecule is CCNS(=O)Nc1nccc(CN2Cc3ccc(Oc4ncccc4F)cc3OC2=O)c1F. The van der Waals surface area contributed by atoms with E-state index in [2.05, 4.69) is 19.4 Å². The van der Waals surface area contributed by atoms with Crippen LogP contribution < -0.4 is 18.9 Å². The van der Waals surface area contributed by atoms with Crippen molar-refractivity contribution in [2.45, 2.75) is 20.0 Å². The minimum absolute atomic E-state index is 0.0907. The van der Waals surface area contributed by atoms with E-state index in [-0.39, 0.29) is 41.8 Å². The van der Waals surface area contributed by atoms with Gasteiger partial charge >= 0.3 is 6.09 Å². The van der Waals surface area contributed by atoms with Crippen molar-refractivity contribution >= 4 is 23.1 Å². The molecule has 4 rings (SSSR count). The highest BCUT2D eigenvalue weighted by Crippen LogP contribution is 2.33. The summed E-state index contributed by atoms with van der Waals surface area (Å²) in [6, 6.07) is 8.81. The number of carbonyl (C=O) groups is 1. The quantitative estimate of drug-likeness (QED) is 0.515. The van der Waals surface area contributed by atoms with E-state index >= 15 is 0 Å². The van der Waals surface area contributed by atoms with Crippen LogP contribution in [0.3, 0.4) is 0 Å². The number of hydrogen-bond donors (Lipinski definition) is 2. The number of rotatable bonds is 8. The Morgan fingerprint density at radius 2 is 2.06 bits per heavy atom. The maximum atomic E-state index is 14.8. The molecule has 1 aliphatic rings. The third kappa shape index (κ3) is 5.23. The van der Waals surface area contributed by atoms with E-state index in [4.69, 9.17) is 9.47 Å². The second-order valence-corrected chi connectivity index (χ2v) is 7.92. The van der Waals surface area contributed by atoms with Gasteiger partial charge in [0.2, 0.25) is 0 Å². The van der Waals surface area contributed by atoms with Gasteiger partial charge in [0, 0.05) is 36.1 Å². The molecule has 2 aromatic heterocycles. The monoisotopic (exact) mass is 475 g/mol. The van der Waals surface area contributed by atoms with Crippen molar-refractivity contribution in [3.05, 3.63) is 71.6 Å². The molecule has 1 atom stereocenters. The van der Waals surface area contributed by atoms with E-state index < -0.39 is 28.9 Å². The molecule has 1 aromatic carbocycles. The molecule has 1 amide bonds. The Morgan fingerprint density at radius 3 is 2.85 bits per heavy atom. The van der Waals surface area contributed by atoms with Gasteiger partial charge in [0.05, 0.1) is 13.1 Å². The minimum atomic E-state index is -1.70. The lowest BCUT2D eigenvalue weighted by atomic mass is 10.1. The van der Waals surface area contributed by atoms with Gasteiger partial charge in [-0.05, 0) is 30.3 Å². The molecule has 3 heterocycles. The third-order valence-corrected chi connectivity index (χ3v) is 5.52. The number of benzene rings is 1. The number of amides is 1. The zero-order valence-corrected chi connectivity index (χ0v) is 18.2. The molecule has 0 fully saturated rings. The molecule has 3 aromatic rings. The summed E-state index contributed by atoms with van der Waals surface area (Å²) in [4.78, 5) is 21.5. The van der Waals surface area contributed by atoms with Crippen LogP contribution in [0.4, 0.5) is 19.4 Å². The lowest BCUT2D eigenvalue weighted by molar-refractivity contribution is 0.134. The number of aromatic nitrogens is 2. The zero-order valence-electron chi connectivity index (χ0n) is 17.4. The Kier molecular flexibility index (Phi) is 6.75. The van der Waals surface area contributed by atoms with Crippen molar-refractivity contribution < 1.29 is 27.3 Å². The molecule has 0 saturated heterocycles. The molecule has 1 aliphatic heterocycles. The first-order valence-corrected chi connectivity index (χ1v) is 11.0. The molecule has 0 bridgehead atoms. The number of pyridine rings is 2. The lowest BCUT2D eigenvalue weighted by Crippen LogP contribution is -2.36. The maximum Gasteiger partial charge on any atom is 0.415 e. The summed E-state index contributed by atoms with van der Waals surface area (Å²) in [5.74, 6) is -1.24. The predicted molar refractivity (Wildman–Crippen MR) is 116 cm³/mol. The Bertz CT molecular complexity index is 1210. The summed E-state index contributed by atoms with van der Waals surface area (Å²) in [5, 5.41) is 0. The number of carbonyl (C=O) groups excluding carboxylic acids is 1. The van der Waals surface area contributed by atoms with Crippen molar-refractivity contribution in [2.24, 2.45) is 0 Å². The van der Waals surface area contributed by atoms with Crippen LogP contribution in [0.25, 0.3) is 0 Å². The maximum absolute atomic E-state index is 14.8. The van der Waals surface area contributed by atoms with Gasteiger partial charge in [0.1, 0.15) is 11.5 Å². The highest BCUT2D eigenvalue weighted by Gasteiger charge is 2.27. The van der Waals surface area contributed by atoms with Crippen molar-refractivity contribution in [1.29, 1.82) is 0 Å². The summed E-state index contributed by atoms with van der Waals surface area (Å²) >= 11 is -1.70. The smallest absolute Gasteiger partial charge is 0.415 e. The van der Waals surface area contributed by atoms with Crippen LogP contribution in [0.15, 0.2) is 48.8 Å². The predicted octanol–water partition coefficient (Wildman–Crippen LogP) is 3.66.